The number of nitrogens with zero attached hydrogens (tertiary/aromatic N) is 1. The summed E-state index contributed by atoms with van der Waals surface area (Å²) < 4.78 is 5.90. The second-order valence-corrected chi connectivity index (χ2v) is 6.21. The summed E-state index contributed by atoms with van der Waals surface area (Å²) in [5, 5.41) is 0. The molecule has 110 valence electrons. The lowest BCUT2D eigenvalue weighted by Crippen LogP contribution is -2.38. The van der Waals surface area contributed by atoms with Gasteiger partial charge >= 0.3 is 0 Å². The first-order valence-corrected chi connectivity index (χ1v) is 7.99. The third-order valence-electron chi connectivity index (χ3n) is 4.54. The maximum Gasteiger partial charge on any atom is 0.0749 e. The SMILES string of the molecule is CC(N)c1ccc2c(c1)CCCN2CC1CCCCO1. The number of ether oxygens (including phenoxy) is 1. The van der Waals surface area contributed by atoms with Crippen molar-refractivity contribution in [2.45, 2.75) is 51.2 Å². The molecule has 3 rings (SSSR count). The zero-order chi connectivity index (χ0) is 13.9. The van der Waals surface area contributed by atoms with Crippen molar-refractivity contribution in [1.82, 2.24) is 0 Å². The van der Waals surface area contributed by atoms with E-state index in [1.165, 1.54) is 48.9 Å². The van der Waals surface area contributed by atoms with E-state index in [0.717, 1.165) is 19.7 Å². The highest BCUT2D eigenvalue weighted by molar-refractivity contribution is 5.57. The van der Waals surface area contributed by atoms with E-state index in [0.29, 0.717) is 6.10 Å². The Balaban J connectivity index is 1.75. The van der Waals surface area contributed by atoms with Gasteiger partial charge in [0.1, 0.15) is 0 Å². The molecule has 3 heteroatoms. The van der Waals surface area contributed by atoms with Gasteiger partial charge in [0, 0.05) is 31.4 Å². The maximum atomic E-state index is 6.00. The van der Waals surface area contributed by atoms with Crippen molar-refractivity contribution in [3.8, 4) is 0 Å². The van der Waals surface area contributed by atoms with Gasteiger partial charge in [-0.1, -0.05) is 12.1 Å². The molecule has 2 atom stereocenters. The highest BCUT2D eigenvalue weighted by Crippen LogP contribution is 2.30. The summed E-state index contributed by atoms with van der Waals surface area (Å²) in [7, 11) is 0. The van der Waals surface area contributed by atoms with Crippen LogP contribution in [0.4, 0.5) is 5.69 Å². The van der Waals surface area contributed by atoms with Crippen molar-refractivity contribution in [2.24, 2.45) is 5.73 Å². The molecule has 1 aromatic carbocycles. The van der Waals surface area contributed by atoms with Gasteiger partial charge in [0.15, 0.2) is 0 Å². The number of rotatable bonds is 3. The Morgan fingerprint density at radius 2 is 2.25 bits per heavy atom. The summed E-state index contributed by atoms with van der Waals surface area (Å²) in [5.74, 6) is 0. The summed E-state index contributed by atoms with van der Waals surface area (Å²) in [4.78, 5) is 2.51. The normalized spacial score (nSPS) is 24.3. The largest absolute Gasteiger partial charge is 0.376 e. The fraction of sp³-hybridized carbons (Fsp3) is 0.647. The maximum absolute atomic E-state index is 6.00. The minimum absolute atomic E-state index is 0.123. The summed E-state index contributed by atoms with van der Waals surface area (Å²) >= 11 is 0. The molecule has 2 unspecified atom stereocenters. The Kier molecular flexibility index (Phi) is 4.27. The van der Waals surface area contributed by atoms with Crippen molar-refractivity contribution >= 4 is 5.69 Å². The molecule has 0 spiro atoms. The number of anilines is 1. The molecule has 0 aromatic heterocycles. The van der Waals surface area contributed by atoms with Gasteiger partial charge in [-0.3, -0.25) is 0 Å². The van der Waals surface area contributed by atoms with Crippen LogP contribution in [0.3, 0.4) is 0 Å². The van der Waals surface area contributed by atoms with Gasteiger partial charge < -0.3 is 15.4 Å². The lowest BCUT2D eigenvalue weighted by molar-refractivity contribution is 0.0208. The first kappa shape index (κ1) is 13.9. The second-order valence-electron chi connectivity index (χ2n) is 6.21. The standard InChI is InChI=1S/C17H26N2O/c1-13(18)14-7-8-17-15(11-14)5-4-9-19(17)12-16-6-2-3-10-20-16/h7-8,11,13,16H,2-6,9-10,12,18H2,1H3. The molecule has 2 N–H and O–H groups in total. The van der Waals surface area contributed by atoms with Gasteiger partial charge in [0.05, 0.1) is 6.10 Å². The number of hydrogen-bond acceptors (Lipinski definition) is 3. The zero-order valence-electron chi connectivity index (χ0n) is 12.5. The van der Waals surface area contributed by atoms with Crippen molar-refractivity contribution in [2.75, 3.05) is 24.6 Å². The van der Waals surface area contributed by atoms with Crippen LogP contribution in [0.25, 0.3) is 0 Å². The Morgan fingerprint density at radius 1 is 1.35 bits per heavy atom. The van der Waals surface area contributed by atoms with Crippen molar-refractivity contribution in [3.05, 3.63) is 29.3 Å². The van der Waals surface area contributed by atoms with Crippen LogP contribution in [0.1, 0.15) is 49.8 Å². The molecule has 20 heavy (non-hydrogen) atoms. The van der Waals surface area contributed by atoms with E-state index in [1.54, 1.807) is 0 Å². The minimum atomic E-state index is 0.123. The number of hydrogen-bond donors (Lipinski definition) is 1. The van der Waals surface area contributed by atoms with Crippen molar-refractivity contribution in [1.29, 1.82) is 0 Å². The fourth-order valence-electron chi connectivity index (χ4n) is 3.37. The summed E-state index contributed by atoms with van der Waals surface area (Å²) in [6, 6.07) is 6.87. The average molecular weight is 274 g/mol. The van der Waals surface area contributed by atoms with E-state index in [4.69, 9.17) is 10.5 Å². The van der Waals surface area contributed by atoms with Gasteiger partial charge in [-0.05, 0) is 56.2 Å². The van der Waals surface area contributed by atoms with Crippen molar-refractivity contribution < 1.29 is 4.74 Å². The van der Waals surface area contributed by atoms with Gasteiger partial charge in [-0.2, -0.15) is 0 Å². The van der Waals surface area contributed by atoms with Gasteiger partial charge in [-0.15, -0.1) is 0 Å². The molecule has 0 saturated carbocycles. The Labute approximate surface area is 122 Å². The summed E-state index contributed by atoms with van der Waals surface area (Å²) in [5.41, 5.74) is 10.1. The Morgan fingerprint density at radius 3 is 3.00 bits per heavy atom. The Hall–Kier alpha value is -1.06. The molecule has 1 saturated heterocycles. The first-order chi connectivity index (χ1) is 9.74. The summed E-state index contributed by atoms with van der Waals surface area (Å²) in [6.07, 6.45) is 6.59. The minimum Gasteiger partial charge on any atom is -0.376 e. The van der Waals surface area contributed by atoms with Crippen LogP contribution in [-0.4, -0.2) is 25.8 Å². The van der Waals surface area contributed by atoms with Crippen LogP contribution >= 0.6 is 0 Å². The van der Waals surface area contributed by atoms with Crippen LogP contribution < -0.4 is 10.6 Å². The third-order valence-corrected chi connectivity index (χ3v) is 4.54. The predicted octanol–water partition coefficient (Wildman–Crippen LogP) is 3.03. The van der Waals surface area contributed by atoms with Crippen LogP contribution in [0.2, 0.25) is 0 Å². The highest BCUT2D eigenvalue weighted by Gasteiger charge is 2.22. The molecule has 2 aliphatic heterocycles. The van der Waals surface area contributed by atoms with E-state index >= 15 is 0 Å². The molecule has 1 fully saturated rings. The average Bonchev–Trinajstić information content (AvgIpc) is 2.48. The van der Waals surface area contributed by atoms with Crippen molar-refractivity contribution in [3.63, 3.8) is 0 Å². The van der Waals surface area contributed by atoms with E-state index in [-0.39, 0.29) is 6.04 Å². The Bertz CT molecular complexity index is 452. The molecule has 2 aliphatic rings. The number of fused-ring (bicyclic) bond motifs is 1. The van der Waals surface area contributed by atoms with E-state index in [2.05, 4.69) is 30.0 Å². The fourth-order valence-corrected chi connectivity index (χ4v) is 3.37. The van der Waals surface area contributed by atoms with Crippen LogP contribution in [0.15, 0.2) is 18.2 Å². The molecular formula is C17H26N2O. The first-order valence-electron chi connectivity index (χ1n) is 7.99. The zero-order valence-corrected chi connectivity index (χ0v) is 12.5. The highest BCUT2D eigenvalue weighted by atomic mass is 16.5. The third kappa shape index (κ3) is 2.99. The van der Waals surface area contributed by atoms with Crippen LogP contribution in [-0.2, 0) is 11.2 Å². The number of aryl methyl sites for hydroxylation is 1. The van der Waals surface area contributed by atoms with E-state index in [9.17, 15) is 0 Å². The van der Waals surface area contributed by atoms with Crippen LogP contribution in [0, 0.1) is 0 Å². The second kappa shape index (κ2) is 6.15. The van der Waals surface area contributed by atoms with Gasteiger partial charge in [-0.25, -0.2) is 0 Å². The molecular weight excluding hydrogens is 248 g/mol. The molecule has 0 radical (unpaired) electrons. The number of benzene rings is 1. The molecule has 2 heterocycles. The smallest absolute Gasteiger partial charge is 0.0749 e. The molecule has 0 amide bonds. The molecule has 0 bridgehead atoms. The predicted molar refractivity (Wildman–Crippen MR) is 83.2 cm³/mol. The van der Waals surface area contributed by atoms with Crippen LogP contribution in [0.5, 0.6) is 0 Å². The van der Waals surface area contributed by atoms with E-state index in [1.807, 2.05) is 0 Å². The quantitative estimate of drug-likeness (QED) is 0.920. The topological polar surface area (TPSA) is 38.5 Å². The number of nitrogens with two attached hydrogens (primary N) is 1. The summed E-state index contributed by atoms with van der Waals surface area (Å²) in [6.45, 7) is 5.20. The van der Waals surface area contributed by atoms with Gasteiger partial charge in [0.2, 0.25) is 0 Å². The molecule has 1 aromatic rings. The van der Waals surface area contributed by atoms with E-state index < -0.39 is 0 Å². The molecule has 3 nitrogen and oxygen atoms in total. The monoisotopic (exact) mass is 274 g/mol. The lowest BCUT2D eigenvalue weighted by atomic mass is 9.96. The van der Waals surface area contributed by atoms with Gasteiger partial charge in [0.25, 0.3) is 0 Å². The lowest BCUT2D eigenvalue weighted by Gasteiger charge is -2.35. The molecule has 0 aliphatic carbocycles.